The van der Waals surface area contributed by atoms with Crippen LogP contribution in [0.25, 0.3) is 0 Å². The van der Waals surface area contributed by atoms with Gasteiger partial charge in [-0.1, -0.05) is 78.9 Å². The summed E-state index contributed by atoms with van der Waals surface area (Å²) < 4.78 is 27.6. The second kappa shape index (κ2) is 11.2. The van der Waals surface area contributed by atoms with Gasteiger partial charge in [-0.15, -0.1) is 11.3 Å². The molecule has 1 fully saturated rings. The van der Waals surface area contributed by atoms with Gasteiger partial charge in [0, 0.05) is 31.6 Å². The summed E-state index contributed by atoms with van der Waals surface area (Å²) >= 11 is 1.18. The van der Waals surface area contributed by atoms with Gasteiger partial charge in [-0.3, -0.25) is 14.4 Å². The summed E-state index contributed by atoms with van der Waals surface area (Å²) in [6.07, 6.45) is 0.143. The summed E-state index contributed by atoms with van der Waals surface area (Å²) in [6, 6.07) is 29.2. The van der Waals surface area contributed by atoms with Crippen LogP contribution in [0.3, 0.4) is 0 Å². The van der Waals surface area contributed by atoms with Gasteiger partial charge in [0.15, 0.2) is 5.13 Å². The predicted octanol–water partition coefficient (Wildman–Crippen LogP) is 4.42. The van der Waals surface area contributed by atoms with E-state index in [0.29, 0.717) is 18.8 Å². The Hall–Kier alpha value is -3.53. The highest BCUT2D eigenvalue weighted by Crippen LogP contribution is 2.29. The van der Waals surface area contributed by atoms with Gasteiger partial charge in [0.25, 0.3) is 10.0 Å². The number of anilines is 1. The molecule has 7 nitrogen and oxygen atoms in total. The first-order valence-electron chi connectivity index (χ1n) is 12.1. The van der Waals surface area contributed by atoms with Crippen molar-refractivity contribution in [1.82, 2.24) is 14.8 Å². The Morgan fingerprint density at radius 3 is 1.95 bits per heavy atom. The van der Waals surface area contributed by atoms with E-state index in [0.717, 1.165) is 13.1 Å². The molecule has 0 radical (unpaired) electrons. The quantitative estimate of drug-likeness (QED) is 0.363. The Bertz CT molecular complexity index is 1380. The van der Waals surface area contributed by atoms with Crippen molar-refractivity contribution in [2.45, 2.75) is 17.4 Å². The summed E-state index contributed by atoms with van der Waals surface area (Å²) in [5.74, 6) is -0.00149. The summed E-state index contributed by atoms with van der Waals surface area (Å²) in [7, 11) is -3.71. The molecule has 2 heterocycles. The number of rotatable bonds is 8. The number of amides is 1. The number of carbonyl (C=O) groups excluding carboxylic acids is 1. The third kappa shape index (κ3) is 6.07. The number of hydrogen-bond acceptors (Lipinski definition) is 6. The fourth-order valence-electron chi connectivity index (χ4n) is 4.59. The topological polar surface area (TPSA) is 82.6 Å². The fraction of sp³-hybridized carbons (Fsp3) is 0.214. The van der Waals surface area contributed by atoms with E-state index < -0.39 is 10.0 Å². The Labute approximate surface area is 221 Å². The lowest BCUT2D eigenvalue weighted by Gasteiger charge is -2.39. The lowest BCUT2D eigenvalue weighted by atomic mass is 9.96. The molecular formula is C28H28N4O3S2. The first-order chi connectivity index (χ1) is 18.0. The standard InChI is InChI=1S/C28H28N4O3S2/c33-26(20-24-21-36-28(29-24)30-37(34,35)25-14-8-3-9-15-25)31-16-18-32(19-17-31)27(22-10-4-1-5-11-22)23-12-6-2-7-13-23/h1-15,21,27H,16-20H2,(H,29,30). The van der Waals surface area contributed by atoms with Crippen molar-refractivity contribution >= 4 is 32.4 Å². The minimum absolute atomic E-state index is 0.00149. The van der Waals surface area contributed by atoms with Crippen LogP contribution in [0.1, 0.15) is 22.9 Å². The zero-order valence-electron chi connectivity index (χ0n) is 20.2. The number of thiazole rings is 1. The monoisotopic (exact) mass is 532 g/mol. The van der Waals surface area contributed by atoms with Crippen LogP contribution in [0.15, 0.2) is 101 Å². The molecule has 4 aromatic rings. The van der Waals surface area contributed by atoms with Crippen LogP contribution in [0.4, 0.5) is 5.13 Å². The van der Waals surface area contributed by atoms with Crippen molar-refractivity contribution in [1.29, 1.82) is 0 Å². The molecule has 1 aliphatic heterocycles. The largest absolute Gasteiger partial charge is 0.340 e. The number of nitrogens with zero attached hydrogens (tertiary/aromatic N) is 3. The first kappa shape index (κ1) is 25.1. The highest BCUT2D eigenvalue weighted by molar-refractivity contribution is 7.93. The molecule has 1 aliphatic rings. The van der Waals surface area contributed by atoms with Crippen LogP contribution in [0, 0.1) is 0 Å². The fourth-order valence-corrected chi connectivity index (χ4v) is 6.57. The maximum absolute atomic E-state index is 13.0. The van der Waals surface area contributed by atoms with E-state index in [9.17, 15) is 13.2 Å². The number of benzene rings is 3. The van der Waals surface area contributed by atoms with Crippen molar-refractivity contribution in [3.05, 3.63) is 113 Å². The van der Waals surface area contributed by atoms with E-state index in [2.05, 4.69) is 63.1 Å². The lowest BCUT2D eigenvalue weighted by molar-refractivity contribution is -0.132. The highest BCUT2D eigenvalue weighted by atomic mass is 32.2. The number of hydrogen-bond donors (Lipinski definition) is 1. The van der Waals surface area contributed by atoms with E-state index in [4.69, 9.17) is 0 Å². The average Bonchev–Trinajstić information content (AvgIpc) is 3.36. The first-order valence-corrected chi connectivity index (χ1v) is 14.5. The van der Waals surface area contributed by atoms with E-state index in [1.807, 2.05) is 17.0 Å². The van der Waals surface area contributed by atoms with Gasteiger partial charge in [-0.2, -0.15) is 0 Å². The molecule has 0 spiro atoms. The number of aromatic nitrogens is 1. The van der Waals surface area contributed by atoms with Crippen LogP contribution in [-0.4, -0.2) is 55.3 Å². The smallest absolute Gasteiger partial charge is 0.263 e. The molecule has 1 aromatic heterocycles. The second-order valence-corrected chi connectivity index (χ2v) is 11.4. The summed E-state index contributed by atoms with van der Waals surface area (Å²) in [5.41, 5.74) is 3.04. The van der Waals surface area contributed by atoms with Gasteiger partial charge in [-0.25, -0.2) is 13.4 Å². The van der Waals surface area contributed by atoms with Crippen molar-refractivity contribution in [2.75, 3.05) is 30.9 Å². The Balaban J connectivity index is 1.20. The molecule has 0 aliphatic carbocycles. The van der Waals surface area contributed by atoms with Gasteiger partial charge in [0.1, 0.15) is 0 Å². The lowest BCUT2D eigenvalue weighted by Crippen LogP contribution is -2.50. The van der Waals surface area contributed by atoms with Crippen LogP contribution in [-0.2, 0) is 21.2 Å². The third-order valence-electron chi connectivity index (χ3n) is 6.42. The molecule has 3 aromatic carbocycles. The SMILES string of the molecule is O=C(Cc1csc(NS(=O)(=O)c2ccccc2)n1)N1CCN(C(c2ccccc2)c2ccccc2)CC1. The summed E-state index contributed by atoms with van der Waals surface area (Å²) in [6.45, 7) is 2.79. The molecule has 1 N–H and O–H groups in total. The van der Waals surface area contributed by atoms with Crippen molar-refractivity contribution in [2.24, 2.45) is 0 Å². The number of sulfonamides is 1. The summed E-state index contributed by atoms with van der Waals surface area (Å²) in [5, 5.41) is 1.99. The minimum atomic E-state index is -3.71. The zero-order valence-corrected chi connectivity index (χ0v) is 21.9. The van der Waals surface area contributed by atoms with Gasteiger partial charge in [0.2, 0.25) is 5.91 Å². The summed E-state index contributed by atoms with van der Waals surface area (Å²) in [4.78, 5) is 21.8. The van der Waals surface area contributed by atoms with E-state index in [1.54, 1.807) is 23.6 Å². The van der Waals surface area contributed by atoms with Crippen LogP contribution >= 0.6 is 11.3 Å². The van der Waals surface area contributed by atoms with E-state index in [1.165, 1.54) is 34.6 Å². The molecule has 9 heteroatoms. The van der Waals surface area contributed by atoms with Gasteiger partial charge >= 0.3 is 0 Å². The van der Waals surface area contributed by atoms with Crippen LogP contribution in [0.5, 0.6) is 0 Å². The van der Waals surface area contributed by atoms with Crippen molar-refractivity contribution in [3.8, 4) is 0 Å². The van der Waals surface area contributed by atoms with Gasteiger partial charge in [0.05, 0.1) is 23.1 Å². The molecule has 5 rings (SSSR count). The normalized spacial score (nSPS) is 14.6. The Morgan fingerprint density at radius 1 is 0.838 bits per heavy atom. The van der Waals surface area contributed by atoms with Gasteiger partial charge in [-0.05, 0) is 23.3 Å². The van der Waals surface area contributed by atoms with Crippen LogP contribution in [0.2, 0.25) is 0 Å². The molecular weight excluding hydrogens is 504 g/mol. The molecule has 0 unspecified atom stereocenters. The van der Waals surface area contributed by atoms with E-state index in [-0.39, 0.29) is 28.4 Å². The molecule has 190 valence electrons. The van der Waals surface area contributed by atoms with E-state index >= 15 is 0 Å². The highest BCUT2D eigenvalue weighted by Gasteiger charge is 2.28. The molecule has 37 heavy (non-hydrogen) atoms. The molecule has 1 amide bonds. The second-order valence-electron chi connectivity index (χ2n) is 8.88. The molecule has 0 bridgehead atoms. The average molecular weight is 533 g/mol. The molecule has 0 atom stereocenters. The van der Waals surface area contributed by atoms with Crippen molar-refractivity contribution in [3.63, 3.8) is 0 Å². The maximum atomic E-state index is 13.0. The minimum Gasteiger partial charge on any atom is -0.340 e. The number of nitrogens with one attached hydrogen (secondary N) is 1. The molecule has 0 saturated carbocycles. The third-order valence-corrected chi connectivity index (χ3v) is 8.71. The Morgan fingerprint density at radius 2 is 1.38 bits per heavy atom. The predicted molar refractivity (Wildman–Crippen MR) is 146 cm³/mol. The number of carbonyl (C=O) groups is 1. The number of piperazine rings is 1. The molecule has 1 saturated heterocycles. The zero-order chi connectivity index (χ0) is 25.7. The Kier molecular flexibility index (Phi) is 7.64. The van der Waals surface area contributed by atoms with Gasteiger partial charge < -0.3 is 4.90 Å². The van der Waals surface area contributed by atoms with Crippen LogP contribution < -0.4 is 4.72 Å². The van der Waals surface area contributed by atoms with Crippen molar-refractivity contribution < 1.29 is 13.2 Å². The maximum Gasteiger partial charge on any atom is 0.263 e.